The van der Waals surface area contributed by atoms with Crippen LogP contribution in [0, 0.1) is 5.92 Å². The Hall–Kier alpha value is -1.68. The fraction of sp³-hybridized carbons (Fsp3) is 0.529. The van der Waals surface area contributed by atoms with E-state index in [-0.39, 0.29) is 5.78 Å². The van der Waals surface area contributed by atoms with Crippen LogP contribution in [-0.2, 0) is 16.1 Å². The number of nitrogens with zero attached hydrogens (tertiary/aromatic N) is 1. The molecule has 0 aliphatic rings. The van der Waals surface area contributed by atoms with E-state index in [0.717, 1.165) is 16.8 Å². The van der Waals surface area contributed by atoms with Crippen molar-refractivity contribution in [3.63, 3.8) is 0 Å². The third-order valence-corrected chi connectivity index (χ3v) is 3.20. The van der Waals surface area contributed by atoms with E-state index in [2.05, 4.69) is 19.0 Å². The first-order chi connectivity index (χ1) is 9.93. The van der Waals surface area contributed by atoms with E-state index in [9.17, 15) is 4.79 Å². The summed E-state index contributed by atoms with van der Waals surface area (Å²) < 4.78 is 0. The summed E-state index contributed by atoms with van der Waals surface area (Å²) in [4.78, 5) is 16.8. The van der Waals surface area contributed by atoms with Crippen molar-refractivity contribution in [2.45, 2.75) is 46.6 Å². The number of hydrogen-bond donors (Lipinski definition) is 1. The lowest BCUT2D eigenvalue weighted by Crippen LogP contribution is -2.32. The molecule has 2 N–H and O–H groups in total. The van der Waals surface area contributed by atoms with Gasteiger partial charge in [-0.3, -0.25) is 4.79 Å². The minimum absolute atomic E-state index is 0.0962. The predicted octanol–water partition coefficient (Wildman–Crippen LogP) is 2.93. The number of ketones is 1. The van der Waals surface area contributed by atoms with Gasteiger partial charge in [-0.25, -0.2) is 0 Å². The van der Waals surface area contributed by atoms with Crippen LogP contribution in [-0.4, -0.2) is 24.1 Å². The summed E-state index contributed by atoms with van der Waals surface area (Å²) in [6.07, 6.45) is 1.06. The Morgan fingerprint density at radius 3 is 2.43 bits per heavy atom. The van der Waals surface area contributed by atoms with Gasteiger partial charge in [0, 0.05) is 6.42 Å². The van der Waals surface area contributed by atoms with Crippen molar-refractivity contribution in [1.82, 2.24) is 0 Å². The third-order valence-electron chi connectivity index (χ3n) is 3.20. The zero-order chi connectivity index (χ0) is 15.8. The first kappa shape index (κ1) is 17.4. The lowest BCUT2D eigenvalue weighted by molar-refractivity contribution is -0.119. The van der Waals surface area contributed by atoms with Crippen LogP contribution < -0.4 is 5.73 Å². The molecule has 4 heteroatoms. The molecule has 1 atom stereocenters. The summed E-state index contributed by atoms with van der Waals surface area (Å²) >= 11 is 0. The molecule has 0 amide bonds. The maximum absolute atomic E-state index is 11.5. The molecule has 1 aromatic rings. The fourth-order valence-electron chi connectivity index (χ4n) is 1.85. The largest absolute Gasteiger partial charge is 0.395 e. The maximum atomic E-state index is 11.5. The van der Waals surface area contributed by atoms with Crippen molar-refractivity contribution in [2.75, 3.05) is 6.61 Å². The van der Waals surface area contributed by atoms with Crippen LogP contribution in [0.4, 0.5) is 0 Å². The summed E-state index contributed by atoms with van der Waals surface area (Å²) in [5.74, 6) is 0.556. The van der Waals surface area contributed by atoms with E-state index in [1.165, 1.54) is 0 Å². The van der Waals surface area contributed by atoms with E-state index in [4.69, 9.17) is 10.6 Å². The molecule has 0 saturated heterocycles. The SMILES string of the molecule is CCC(=O)C(N)Cc1ccc(/C(C)=N\OCC(C)C)cc1. The highest BCUT2D eigenvalue weighted by molar-refractivity contribution is 5.98. The van der Waals surface area contributed by atoms with E-state index >= 15 is 0 Å². The Morgan fingerprint density at radius 2 is 1.90 bits per heavy atom. The standard InChI is InChI=1S/C17H26N2O2/c1-5-17(20)16(18)10-14-6-8-15(9-7-14)13(4)19-21-11-12(2)3/h6-9,12,16H,5,10-11,18H2,1-4H3/b19-13-. The smallest absolute Gasteiger partial charge is 0.149 e. The minimum atomic E-state index is -0.412. The Labute approximate surface area is 127 Å². The molecular weight excluding hydrogens is 264 g/mol. The van der Waals surface area contributed by atoms with Gasteiger partial charge in [0.2, 0.25) is 0 Å². The van der Waals surface area contributed by atoms with Crippen molar-refractivity contribution in [2.24, 2.45) is 16.8 Å². The topological polar surface area (TPSA) is 64.7 Å². The van der Waals surface area contributed by atoms with Crippen LogP contribution >= 0.6 is 0 Å². The number of oxime groups is 1. The summed E-state index contributed by atoms with van der Waals surface area (Å²) in [6, 6.07) is 7.52. The summed E-state index contributed by atoms with van der Waals surface area (Å²) in [6.45, 7) is 8.54. The van der Waals surface area contributed by atoms with Gasteiger partial charge in [0.05, 0.1) is 11.8 Å². The molecule has 0 spiro atoms. The van der Waals surface area contributed by atoms with Crippen molar-refractivity contribution in [3.8, 4) is 0 Å². The Balaban J connectivity index is 2.63. The van der Waals surface area contributed by atoms with Gasteiger partial charge in [-0.05, 0) is 30.4 Å². The van der Waals surface area contributed by atoms with Gasteiger partial charge >= 0.3 is 0 Å². The number of rotatable bonds is 8. The monoisotopic (exact) mass is 290 g/mol. The minimum Gasteiger partial charge on any atom is -0.395 e. The van der Waals surface area contributed by atoms with Gasteiger partial charge in [0.15, 0.2) is 0 Å². The second-order valence-electron chi connectivity index (χ2n) is 5.69. The molecule has 4 nitrogen and oxygen atoms in total. The zero-order valence-corrected chi connectivity index (χ0v) is 13.4. The van der Waals surface area contributed by atoms with Gasteiger partial charge in [-0.1, -0.05) is 50.2 Å². The molecule has 1 unspecified atom stereocenters. The first-order valence-corrected chi connectivity index (χ1v) is 7.48. The number of benzene rings is 1. The molecule has 1 rings (SSSR count). The van der Waals surface area contributed by atoms with Crippen LogP contribution in [0.2, 0.25) is 0 Å². The van der Waals surface area contributed by atoms with E-state index < -0.39 is 6.04 Å². The second-order valence-corrected chi connectivity index (χ2v) is 5.69. The molecule has 0 saturated carbocycles. The second kappa shape index (κ2) is 8.57. The van der Waals surface area contributed by atoms with Gasteiger partial charge in [0.1, 0.15) is 12.4 Å². The van der Waals surface area contributed by atoms with Crippen molar-refractivity contribution in [1.29, 1.82) is 0 Å². The quantitative estimate of drug-likeness (QED) is 0.591. The highest BCUT2D eigenvalue weighted by Crippen LogP contribution is 2.09. The van der Waals surface area contributed by atoms with Crippen LogP contribution in [0.15, 0.2) is 29.4 Å². The van der Waals surface area contributed by atoms with Gasteiger partial charge in [-0.15, -0.1) is 0 Å². The molecule has 1 aromatic carbocycles. The average Bonchev–Trinajstić information content (AvgIpc) is 2.46. The van der Waals surface area contributed by atoms with Crippen LogP contribution in [0.3, 0.4) is 0 Å². The Bertz CT molecular complexity index is 478. The Kier molecular flexibility index (Phi) is 7.09. The van der Waals surface area contributed by atoms with Crippen LogP contribution in [0.25, 0.3) is 0 Å². The molecule has 21 heavy (non-hydrogen) atoms. The highest BCUT2D eigenvalue weighted by atomic mass is 16.6. The summed E-state index contributed by atoms with van der Waals surface area (Å²) in [7, 11) is 0. The van der Waals surface area contributed by atoms with Crippen molar-refractivity contribution in [3.05, 3.63) is 35.4 Å². The molecular formula is C17H26N2O2. The molecule has 0 radical (unpaired) electrons. The lowest BCUT2D eigenvalue weighted by atomic mass is 10.00. The Morgan fingerprint density at radius 1 is 1.29 bits per heavy atom. The van der Waals surface area contributed by atoms with Crippen LogP contribution in [0.1, 0.15) is 45.2 Å². The molecule has 0 fully saturated rings. The molecule has 0 heterocycles. The average molecular weight is 290 g/mol. The summed E-state index contributed by atoms with van der Waals surface area (Å²) in [5, 5.41) is 4.10. The van der Waals surface area contributed by atoms with Gasteiger partial charge in [0.25, 0.3) is 0 Å². The molecule has 0 aliphatic carbocycles. The lowest BCUT2D eigenvalue weighted by Gasteiger charge is -2.10. The molecule has 0 aromatic heterocycles. The van der Waals surface area contributed by atoms with E-state index in [0.29, 0.717) is 25.4 Å². The highest BCUT2D eigenvalue weighted by Gasteiger charge is 2.11. The molecule has 116 valence electrons. The molecule has 0 bridgehead atoms. The molecule has 0 aliphatic heterocycles. The first-order valence-electron chi connectivity index (χ1n) is 7.48. The number of Topliss-reactive ketones (excluding diaryl/α,β-unsaturated/α-hetero) is 1. The zero-order valence-electron chi connectivity index (χ0n) is 13.4. The number of hydrogen-bond acceptors (Lipinski definition) is 4. The third kappa shape index (κ3) is 6.08. The number of nitrogens with two attached hydrogens (primary N) is 1. The van der Waals surface area contributed by atoms with Gasteiger partial charge < -0.3 is 10.6 Å². The maximum Gasteiger partial charge on any atom is 0.149 e. The van der Waals surface area contributed by atoms with E-state index in [1.807, 2.05) is 38.1 Å². The van der Waals surface area contributed by atoms with Gasteiger partial charge in [-0.2, -0.15) is 0 Å². The van der Waals surface area contributed by atoms with E-state index in [1.54, 1.807) is 0 Å². The predicted molar refractivity (Wildman–Crippen MR) is 86.4 cm³/mol. The van der Waals surface area contributed by atoms with Crippen molar-refractivity contribution < 1.29 is 9.63 Å². The number of carbonyl (C=O) groups excluding carboxylic acids is 1. The fourth-order valence-corrected chi connectivity index (χ4v) is 1.85. The normalized spacial score (nSPS) is 13.3. The van der Waals surface area contributed by atoms with Crippen molar-refractivity contribution >= 4 is 11.5 Å². The van der Waals surface area contributed by atoms with Crippen LogP contribution in [0.5, 0.6) is 0 Å². The number of carbonyl (C=O) groups is 1. The summed E-state index contributed by atoms with van der Waals surface area (Å²) in [5.41, 5.74) is 8.77.